The van der Waals surface area contributed by atoms with E-state index in [0.29, 0.717) is 5.69 Å². The van der Waals surface area contributed by atoms with E-state index in [4.69, 9.17) is 14.2 Å². The van der Waals surface area contributed by atoms with E-state index in [2.05, 4.69) is 31.6 Å². The maximum atomic E-state index is 14.0. The van der Waals surface area contributed by atoms with Crippen LogP contribution in [0.5, 0.6) is 23.0 Å². The van der Waals surface area contributed by atoms with Crippen molar-refractivity contribution in [2.45, 2.75) is 75.3 Å². The van der Waals surface area contributed by atoms with Crippen molar-refractivity contribution in [3.05, 3.63) is 93.4 Å². The molecule has 1 aliphatic heterocycles. The van der Waals surface area contributed by atoms with Crippen LogP contribution in [0.4, 0.5) is 17.2 Å². The Morgan fingerprint density at radius 1 is 0.892 bits per heavy atom. The largest absolute Gasteiger partial charge is 0.507 e. The number of phenolic OH excluding ortho intramolecular Hbond substituents is 2. The molecular formula is C49H55N9O16. The minimum atomic E-state index is -2.36. The summed E-state index contributed by atoms with van der Waals surface area (Å²) < 4.78 is 21.8. The highest BCUT2D eigenvalue weighted by atomic mass is 16.7. The van der Waals surface area contributed by atoms with Gasteiger partial charge in [-0.2, -0.15) is 0 Å². The number of benzene rings is 2. The Bertz CT molecular complexity index is 3140. The van der Waals surface area contributed by atoms with Crippen LogP contribution in [0.25, 0.3) is 0 Å². The van der Waals surface area contributed by atoms with Crippen molar-refractivity contribution in [3.63, 3.8) is 0 Å². The Balaban J connectivity index is 0.884. The van der Waals surface area contributed by atoms with Gasteiger partial charge in [-0.05, 0) is 32.0 Å². The third-order valence-electron chi connectivity index (χ3n) is 13.4. The van der Waals surface area contributed by atoms with Crippen LogP contribution >= 0.6 is 0 Å². The first-order valence-corrected chi connectivity index (χ1v) is 23.3. The zero-order valence-electron chi connectivity index (χ0n) is 40.9. The standard InChI is InChI=1S/C49H55N9O16/c1-21-39(62)25(14-33(73-21)74-29-16-49(71,30(60)20-59)15-24-35(29)44(67)37-36(41(24)64)40(63)23-9-7-10-28(72-6)34(23)43(37)66)51-12-8-11-32(61)52-22-13-27(56(3)17-22)46(68)55-31-19-58(5)45(54-31)48(70)53-26-18-57(4)38(42(26)65)47(69)50-2/h7,9-10,13,17-19,21,25,29,33,39,51,59,62,64-65,67,71H,8,11-12,14-16,20H2,1-6H3,(H,50,69)(H,52,61)(H,53,70)(H,55,68)/t21-,25-,29-,33?,39+,49-/m0/s1. The van der Waals surface area contributed by atoms with Crippen LogP contribution in [0.2, 0.25) is 0 Å². The molecular weight excluding hydrogens is 971 g/mol. The number of aliphatic hydroxyl groups is 3. The second-order valence-corrected chi connectivity index (χ2v) is 18.3. The summed E-state index contributed by atoms with van der Waals surface area (Å²) >= 11 is 0. The van der Waals surface area contributed by atoms with E-state index in [0.717, 1.165) is 0 Å². The lowest BCUT2D eigenvalue weighted by Gasteiger charge is -2.43. The molecule has 5 aromatic rings. The lowest BCUT2D eigenvalue weighted by molar-refractivity contribution is -0.249. The van der Waals surface area contributed by atoms with Gasteiger partial charge >= 0.3 is 0 Å². The van der Waals surface area contributed by atoms with E-state index in [1.165, 1.54) is 84.8 Å². The van der Waals surface area contributed by atoms with Gasteiger partial charge in [0.05, 0.1) is 47.8 Å². The van der Waals surface area contributed by atoms with Gasteiger partial charge in [-0.3, -0.25) is 33.6 Å². The van der Waals surface area contributed by atoms with Gasteiger partial charge in [0, 0.05) is 95.2 Å². The van der Waals surface area contributed by atoms with Crippen molar-refractivity contribution in [1.82, 2.24) is 29.3 Å². The van der Waals surface area contributed by atoms with Crippen LogP contribution in [-0.4, -0.2) is 148 Å². The van der Waals surface area contributed by atoms with Crippen molar-refractivity contribution in [2.24, 2.45) is 21.1 Å². The molecule has 4 heterocycles. The predicted molar refractivity (Wildman–Crippen MR) is 258 cm³/mol. The minimum absolute atomic E-state index is 0.00581. The zero-order chi connectivity index (χ0) is 53.7. The summed E-state index contributed by atoms with van der Waals surface area (Å²) in [4.78, 5) is 96.8. The van der Waals surface area contributed by atoms with E-state index in [1.807, 2.05) is 0 Å². The topological polar surface area (TPSA) is 356 Å². The molecule has 1 saturated heterocycles. The van der Waals surface area contributed by atoms with Crippen LogP contribution in [0.1, 0.15) is 113 Å². The number of carbonyl (C=O) groups is 7. The van der Waals surface area contributed by atoms with Gasteiger partial charge in [0.25, 0.3) is 17.7 Å². The highest BCUT2D eigenvalue weighted by Gasteiger charge is 2.50. The molecule has 4 amide bonds. The molecule has 0 spiro atoms. The van der Waals surface area contributed by atoms with Crippen molar-refractivity contribution < 1.29 is 78.4 Å². The number of nitrogens with one attached hydrogen (secondary N) is 5. The lowest BCUT2D eigenvalue weighted by atomic mass is 9.72. The van der Waals surface area contributed by atoms with E-state index >= 15 is 0 Å². The van der Waals surface area contributed by atoms with Gasteiger partial charge in [0.1, 0.15) is 40.8 Å². The smallest absolute Gasteiger partial charge is 0.291 e. The maximum Gasteiger partial charge on any atom is 0.291 e. The fourth-order valence-corrected chi connectivity index (χ4v) is 9.72. The molecule has 11 N–H and O–H groups in total. The molecule has 0 radical (unpaired) electrons. The number of rotatable bonds is 16. The monoisotopic (exact) mass is 1030 g/mol. The molecule has 1 unspecified atom stereocenters. The van der Waals surface area contributed by atoms with Crippen LogP contribution in [0.15, 0.2) is 42.9 Å². The highest BCUT2D eigenvalue weighted by molar-refractivity contribution is 6.31. The van der Waals surface area contributed by atoms with Gasteiger partial charge < -0.3 is 85.1 Å². The van der Waals surface area contributed by atoms with Crippen molar-refractivity contribution in [1.29, 1.82) is 0 Å². The number of aliphatic hydroxyl groups excluding tert-OH is 2. The Kier molecular flexibility index (Phi) is 14.5. The number of aryl methyl sites for hydroxylation is 3. The molecule has 8 rings (SSSR count). The third kappa shape index (κ3) is 9.58. The van der Waals surface area contributed by atoms with E-state index in [-0.39, 0.29) is 82.5 Å². The molecule has 25 heteroatoms. The summed E-state index contributed by atoms with van der Waals surface area (Å²) in [5.74, 6) is -6.97. The Morgan fingerprint density at radius 2 is 1.62 bits per heavy atom. The maximum absolute atomic E-state index is 14.0. The molecule has 3 aromatic heterocycles. The van der Waals surface area contributed by atoms with Gasteiger partial charge in [-0.1, -0.05) is 12.1 Å². The summed E-state index contributed by atoms with van der Waals surface area (Å²) in [6.07, 6.45) is -1.31. The average molecular weight is 1030 g/mol. The number of ether oxygens (including phenoxy) is 3. The minimum Gasteiger partial charge on any atom is -0.507 e. The number of Topliss-reactive ketones (excluding diaryl/α,β-unsaturated/α-hetero) is 1. The first-order valence-electron chi connectivity index (χ1n) is 23.3. The molecule has 6 atom stereocenters. The van der Waals surface area contributed by atoms with Gasteiger partial charge in [-0.15, -0.1) is 0 Å². The van der Waals surface area contributed by atoms with Crippen molar-refractivity contribution in [2.75, 3.05) is 43.3 Å². The van der Waals surface area contributed by atoms with Gasteiger partial charge in [0.15, 0.2) is 35.1 Å². The third-order valence-corrected chi connectivity index (χ3v) is 13.4. The Labute approximate surface area is 421 Å². The predicted octanol–water partition coefficient (Wildman–Crippen LogP) is 1.03. The quantitative estimate of drug-likeness (QED) is 0.0476. The van der Waals surface area contributed by atoms with Crippen LogP contribution in [-0.2, 0) is 46.6 Å². The molecule has 392 valence electrons. The number of hydrogen-bond donors (Lipinski definition) is 11. The number of amides is 4. The summed E-state index contributed by atoms with van der Waals surface area (Å²) in [7, 11) is 7.32. The number of phenols is 2. The van der Waals surface area contributed by atoms with Gasteiger partial charge in [-0.25, -0.2) is 4.98 Å². The summed E-state index contributed by atoms with van der Waals surface area (Å²) in [5, 5.41) is 80.2. The number of methoxy groups -OCH3 is 1. The number of imidazole rings is 1. The summed E-state index contributed by atoms with van der Waals surface area (Å²) in [6.45, 7) is 0.694. The SMILES string of the molecule is CNC(=O)c1c(O)c(NC(=O)c2nc(NC(=O)c3cc(NC(=O)CCCN[C@H]4CC(O[C@H]5C[C@](O)(C(=O)CO)Cc6c(O)c7c(c(O)c65)C(=O)c5c(OC)cccc5C7=O)O[C@@H](C)[C@H]4O)cn3C)cn2C)cn1C. The molecule has 3 aliphatic rings. The highest BCUT2D eigenvalue weighted by Crippen LogP contribution is 2.52. The number of hydrogen-bond acceptors (Lipinski definition) is 18. The fraction of sp³-hybridized carbons (Fsp3) is 0.388. The van der Waals surface area contributed by atoms with Crippen molar-refractivity contribution >= 4 is 58.2 Å². The number of aromatic hydroxyl groups is 3. The van der Waals surface area contributed by atoms with Crippen LogP contribution in [0.3, 0.4) is 0 Å². The number of fused-ring (bicyclic) bond motifs is 3. The normalized spacial score (nSPS) is 21.0. The molecule has 2 aromatic carbocycles. The molecule has 74 heavy (non-hydrogen) atoms. The molecule has 0 saturated carbocycles. The van der Waals surface area contributed by atoms with E-state index in [9.17, 15) is 64.2 Å². The second-order valence-electron chi connectivity index (χ2n) is 18.3. The van der Waals surface area contributed by atoms with Crippen molar-refractivity contribution in [3.8, 4) is 23.0 Å². The fourth-order valence-electron chi connectivity index (χ4n) is 9.72. The summed E-state index contributed by atoms with van der Waals surface area (Å²) in [5.41, 5.74) is -3.76. The second kappa shape index (κ2) is 20.5. The Hall–Kier alpha value is -7.94. The lowest BCUT2D eigenvalue weighted by Crippen LogP contribution is -2.54. The van der Waals surface area contributed by atoms with Crippen LogP contribution < -0.4 is 31.3 Å². The van der Waals surface area contributed by atoms with Gasteiger partial charge in [0.2, 0.25) is 17.5 Å². The summed E-state index contributed by atoms with van der Waals surface area (Å²) in [6, 6.07) is 5.03. The van der Waals surface area contributed by atoms with Crippen LogP contribution in [0, 0.1) is 0 Å². The zero-order valence-corrected chi connectivity index (χ0v) is 40.9. The Morgan fingerprint density at radius 3 is 2.32 bits per heavy atom. The molecule has 2 aliphatic carbocycles. The molecule has 25 nitrogen and oxygen atoms in total. The van der Waals surface area contributed by atoms with E-state index in [1.54, 1.807) is 14.0 Å². The number of anilines is 3. The molecule has 0 bridgehead atoms. The first-order chi connectivity index (χ1) is 35.1. The number of aromatic nitrogens is 4. The van der Waals surface area contributed by atoms with E-state index < -0.39 is 125 Å². The first kappa shape index (κ1) is 52.4. The number of ketones is 3. The average Bonchev–Trinajstić information content (AvgIpc) is 4.01. The number of nitrogens with zero attached hydrogens (tertiary/aromatic N) is 4. The molecule has 1 fully saturated rings. The number of carbonyl (C=O) groups excluding carboxylic acids is 7.